The Bertz CT molecular complexity index is 527. The van der Waals surface area contributed by atoms with E-state index in [1.54, 1.807) is 7.11 Å². The zero-order valence-corrected chi connectivity index (χ0v) is 15.0. The average molecular weight is 334 g/mol. The number of aliphatic hydroxyl groups excluding tert-OH is 1. The number of benzene rings is 1. The van der Waals surface area contributed by atoms with Gasteiger partial charge in [-0.25, -0.2) is 0 Å². The number of carbonyl (C=O) groups is 1. The van der Waals surface area contributed by atoms with E-state index < -0.39 is 6.10 Å². The van der Waals surface area contributed by atoms with Gasteiger partial charge >= 0.3 is 0 Å². The lowest BCUT2D eigenvalue weighted by molar-refractivity contribution is -0.123. The highest BCUT2D eigenvalue weighted by Gasteiger charge is 2.24. The largest absolute Gasteiger partial charge is 0.497 e. The molecule has 2 unspecified atom stereocenters. The fourth-order valence-electron chi connectivity index (χ4n) is 3.07. The number of nitrogens with one attached hydrogen (secondary N) is 1. The van der Waals surface area contributed by atoms with Gasteiger partial charge in [-0.15, -0.1) is 0 Å². The Hall–Kier alpha value is -1.59. The molecule has 0 radical (unpaired) electrons. The number of aliphatic hydroxyl groups is 1. The van der Waals surface area contributed by atoms with E-state index in [1.165, 1.54) is 12.8 Å². The van der Waals surface area contributed by atoms with Crippen molar-refractivity contribution < 1.29 is 14.6 Å². The third-order valence-corrected chi connectivity index (χ3v) is 4.72. The van der Waals surface area contributed by atoms with Crippen LogP contribution in [0.25, 0.3) is 0 Å². The highest BCUT2D eigenvalue weighted by Crippen LogP contribution is 2.27. The van der Waals surface area contributed by atoms with Crippen molar-refractivity contribution >= 4 is 5.91 Å². The smallest absolute Gasteiger partial charge is 0.222 e. The molecule has 2 N–H and O–H groups in total. The highest BCUT2D eigenvalue weighted by molar-refractivity contribution is 5.76. The minimum Gasteiger partial charge on any atom is -0.497 e. The molecule has 1 fully saturated rings. The van der Waals surface area contributed by atoms with E-state index >= 15 is 0 Å². The molecule has 0 aliphatic carbocycles. The van der Waals surface area contributed by atoms with E-state index in [-0.39, 0.29) is 24.3 Å². The number of hydrogen-bond donors (Lipinski definition) is 2. The maximum absolute atomic E-state index is 12.1. The number of hydrogen-bond acceptors (Lipinski definition) is 4. The third-order valence-electron chi connectivity index (χ3n) is 4.72. The van der Waals surface area contributed by atoms with Crippen LogP contribution in [0.4, 0.5) is 0 Å². The molecular weight excluding hydrogens is 304 g/mol. The maximum atomic E-state index is 12.1. The first kappa shape index (κ1) is 18.7. The number of methoxy groups -OCH3 is 1. The molecule has 5 heteroatoms. The molecular formula is C19H30N2O3. The standard InChI is InChI=1S/C19H30N2O3/c1-14(2)18(22)12-19(23)20-13-17(21-9-4-5-10-21)15-7-6-8-16(11-15)24-3/h6-8,11,14,17-18,22H,4-5,9-10,12-13H2,1-3H3,(H,20,23). The molecule has 0 spiro atoms. The van der Waals surface area contributed by atoms with Gasteiger partial charge in [0.25, 0.3) is 0 Å². The van der Waals surface area contributed by atoms with Crippen LogP contribution < -0.4 is 10.1 Å². The van der Waals surface area contributed by atoms with E-state index in [1.807, 2.05) is 32.0 Å². The Morgan fingerprint density at radius 3 is 2.67 bits per heavy atom. The number of carbonyl (C=O) groups excluding carboxylic acids is 1. The monoisotopic (exact) mass is 334 g/mol. The molecule has 24 heavy (non-hydrogen) atoms. The molecule has 0 bridgehead atoms. The summed E-state index contributed by atoms with van der Waals surface area (Å²) in [4.78, 5) is 14.5. The first-order valence-electron chi connectivity index (χ1n) is 8.84. The van der Waals surface area contributed by atoms with Gasteiger partial charge in [-0.05, 0) is 49.5 Å². The fraction of sp³-hybridized carbons (Fsp3) is 0.632. The summed E-state index contributed by atoms with van der Waals surface area (Å²) in [5.74, 6) is 0.824. The summed E-state index contributed by atoms with van der Waals surface area (Å²) in [5.41, 5.74) is 1.15. The van der Waals surface area contributed by atoms with E-state index in [4.69, 9.17) is 4.74 Å². The lowest BCUT2D eigenvalue weighted by Crippen LogP contribution is -2.38. The van der Waals surface area contributed by atoms with Crippen LogP contribution in [-0.4, -0.2) is 48.8 Å². The number of rotatable bonds is 8. The molecule has 1 aromatic carbocycles. The van der Waals surface area contributed by atoms with Crippen LogP contribution in [0.5, 0.6) is 5.75 Å². The topological polar surface area (TPSA) is 61.8 Å². The molecule has 0 saturated carbocycles. The van der Waals surface area contributed by atoms with Crippen LogP contribution in [0, 0.1) is 5.92 Å². The van der Waals surface area contributed by atoms with E-state index in [9.17, 15) is 9.90 Å². The first-order chi connectivity index (χ1) is 11.5. The van der Waals surface area contributed by atoms with Crippen LogP contribution in [0.3, 0.4) is 0 Å². The van der Waals surface area contributed by atoms with Crippen molar-refractivity contribution in [2.75, 3.05) is 26.7 Å². The van der Waals surface area contributed by atoms with E-state index in [0.717, 1.165) is 24.4 Å². The van der Waals surface area contributed by atoms with Crippen molar-refractivity contribution in [1.29, 1.82) is 0 Å². The van der Waals surface area contributed by atoms with Gasteiger partial charge in [-0.1, -0.05) is 26.0 Å². The Morgan fingerprint density at radius 1 is 1.33 bits per heavy atom. The Morgan fingerprint density at radius 2 is 2.04 bits per heavy atom. The minimum absolute atomic E-state index is 0.0866. The van der Waals surface area contributed by atoms with Crippen molar-refractivity contribution in [1.82, 2.24) is 10.2 Å². The quantitative estimate of drug-likeness (QED) is 0.766. The van der Waals surface area contributed by atoms with Crippen molar-refractivity contribution in [2.24, 2.45) is 5.92 Å². The van der Waals surface area contributed by atoms with Crippen molar-refractivity contribution in [3.05, 3.63) is 29.8 Å². The van der Waals surface area contributed by atoms with E-state index in [0.29, 0.717) is 6.54 Å². The maximum Gasteiger partial charge on any atom is 0.222 e. The zero-order chi connectivity index (χ0) is 17.5. The van der Waals surface area contributed by atoms with Gasteiger partial charge in [0.1, 0.15) is 5.75 Å². The minimum atomic E-state index is -0.591. The molecule has 134 valence electrons. The molecule has 2 atom stereocenters. The van der Waals surface area contributed by atoms with Gasteiger partial charge < -0.3 is 15.2 Å². The Balaban J connectivity index is 2.02. The molecule has 1 aromatic rings. The molecule has 1 amide bonds. The number of amides is 1. The van der Waals surface area contributed by atoms with Gasteiger partial charge in [-0.3, -0.25) is 9.69 Å². The van der Waals surface area contributed by atoms with Gasteiger partial charge in [0.05, 0.1) is 25.7 Å². The summed E-state index contributed by atoms with van der Waals surface area (Å²) in [6.45, 7) is 6.48. The van der Waals surface area contributed by atoms with Crippen LogP contribution in [-0.2, 0) is 4.79 Å². The highest BCUT2D eigenvalue weighted by atomic mass is 16.5. The second kappa shape index (κ2) is 9.04. The SMILES string of the molecule is COc1cccc(C(CNC(=O)CC(O)C(C)C)N2CCCC2)c1. The average Bonchev–Trinajstić information content (AvgIpc) is 3.09. The van der Waals surface area contributed by atoms with Gasteiger partial charge in [0.15, 0.2) is 0 Å². The second-order valence-electron chi connectivity index (χ2n) is 6.86. The summed E-state index contributed by atoms with van der Waals surface area (Å²) in [6.07, 6.45) is 1.95. The van der Waals surface area contributed by atoms with Gasteiger partial charge in [0.2, 0.25) is 5.91 Å². The van der Waals surface area contributed by atoms with Crippen LogP contribution in [0.2, 0.25) is 0 Å². The van der Waals surface area contributed by atoms with Crippen molar-refractivity contribution in [2.45, 2.75) is 45.3 Å². The lowest BCUT2D eigenvalue weighted by Gasteiger charge is -2.28. The summed E-state index contributed by atoms with van der Waals surface area (Å²) >= 11 is 0. The van der Waals surface area contributed by atoms with E-state index in [2.05, 4.69) is 16.3 Å². The van der Waals surface area contributed by atoms with Crippen LogP contribution in [0.15, 0.2) is 24.3 Å². The number of likely N-dealkylation sites (tertiary alicyclic amines) is 1. The summed E-state index contributed by atoms with van der Waals surface area (Å²) in [5, 5.41) is 12.9. The number of ether oxygens (including phenoxy) is 1. The zero-order valence-electron chi connectivity index (χ0n) is 15.0. The molecule has 5 nitrogen and oxygen atoms in total. The fourth-order valence-corrected chi connectivity index (χ4v) is 3.07. The Labute approximate surface area is 145 Å². The summed E-state index contributed by atoms with van der Waals surface area (Å²) in [6, 6.07) is 8.19. The molecule has 0 aromatic heterocycles. The van der Waals surface area contributed by atoms with Gasteiger partial charge in [0, 0.05) is 6.54 Å². The summed E-state index contributed by atoms with van der Waals surface area (Å²) < 4.78 is 5.33. The van der Waals surface area contributed by atoms with Crippen LogP contribution >= 0.6 is 0 Å². The summed E-state index contributed by atoms with van der Waals surface area (Å²) in [7, 11) is 1.67. The predicted octanol–water partition coefficient (Wildman–Crippen LogP) is 2.36. The lowest BCUT2D eigenvalue weighted by atomic mass is 10.0. The first-order valence-corrected chi connectivity index (χ1v) is 8.84. The van der Waals surface area contributed by atoms with Crippen LogP contribution in [0.1, 0.15) is 44.7 Å². The normalized spacial score (nSPS) is 17.7. The van der Waals surface area contributed by atoms with Crippen molar-refractivity contribution in [3.8, 4) is 5.75 Å². The third kappa shape index (κ3) is 5.21. The van der Waals surface area contributed by atoms with Gasteiger partial charge in [-0.2, -0.15) is 0 Å². The molecule has 1 saturated heterocycles. The second-order valence-corrected chi connectivity index (χ2v) is 6.86. The Kier molecular flexibility index (Phi) is 7.06. The molecule has 1 aliphatic heterocycles. The number of nitrogens with zero attached hydrogens (tertiary/aromatic N) is 1. The van der Waals surface area contributed by atoms with Crippen molar-refractivity contribution in [3.63, 3.8) is 0 Å². The molecule has 1 aliphatic rings. The molecule has 1 heterocycles. The molecule has 2 rings (SSSR count). The predicted molar refractivity (Wildman–Crippen MR) is 95.0 cm³/mol.